The number of anilines is 1. The third-order valence-electron chi connectivity index (χ3n) is 2.00. The Bertz CT molecular complexity index is 502. The lowest BCUT2D eigenvalue weighted by Crippen LogP contribution is -2.24. The maximum atomic E-state index is 10.9. The molecule has 0 aromatic heterocycles. The van der Waals surface area contributed by atoms with Crippen molar-refractivity contribution in [1.29, 1.82) is 10.5 Å². The molecule has 0 spiro atoms. The summed E-state index contributed by atoms with van der Waals surface area (Å²) in [6, 6.07) is 8.23. The lowest BCUT2D eigenvalue weighted by molar-refractivity contribution is -0.384. The molecule has 7 heteroatoms. The van der Waals surface area contributed by atoms with Crippen molar-refractivity contribution in [2.45, 2.75) is 0 Å². The lowest BCUT2D eigenvalue weighted by atomic mass is 10.2. The summed E-state index contributed by atoms with van der Waals surface area (Å²) in [6.45, 7) is -0.147. The van der Waals surface area contributed by atoms with Crippen LogP contribution in [0.4, 0.5) is 11.4 Å². The summed E-state index contributed by atoms with van der Waals surface area (Å²) in [7, 11) is 0. The number of nitro benzene ring substituents is 1. The van der Waals surface area contributed by atoms with E-state index in [-0.39, 0.29) is 24.5 Å². The summed E-state index contributed by atoms with van der Waals surface area (Å²) in [6.07, 6.45) is 0. The summed E-state index contributed by atoms with van der Waals surface area (Å²) in [5.74, 6) is 0. The highest BCUT2D eigenvalue weighted by Crippen LogP contribution is 2.30. The molecule has 0 aliphatic heterocycles. The van der Waals surface area contributed by atoms with E-state index >= 15 is 0 Å². The predicted octanol–water partition coefficient (Wildman–Crippen LogP) is 2.21. The van der Waals surface area contributed by atoms with Gasteiger partial charge in [0.1, 0.15) is 18.8 Å². The van der Waals surface area contributed by atoms with E-state index in [1.165, 1.54) is 17.0 Å². The molecule has 0 radical (unpaired) electrons. The SMILES string of the molecule is N#CCN(CC#N)c1ccc(Br)cc1[N+](=O)[O-]. The quantitative estimate of drug-likeness (QED) is 0.482. The van der Waals surface area contributed by atoms with Crippen LogP contribution in [0.5, 0.6) is 0 Å². The van der Waals surface area contributed by atoms with E-state index in [9.17, 15) is 10.1 Å². The normalized spacial score (nSPS) is 9.12. The van der Waals surface area contributed by atoms with Crippen molar-refractivity contribution in [1.82, 2.24) is 0 Å². The monoisotopic (exact) mass is 294 g/mol. The van der Waals surface area contributed by atoms with Gasteiger partial charge in [-0.25, -0.2) is 0 Å². The Kier molecular flexibility index (Phi) is 4.44. The van der Waals surface area contributed by atoms with Crippen molar-refractivity contribution in [3.63, 3.8) is 0 Å². The van der Waals surface area contributed by atoms with Gasteiger partial charge in [0.25, 0.3) is 5.69 Å². The van der Waals surface area contributed by atoms with Gasteiger partial charge < -0.3 is 4.90 Å². The third-order valence-corrected chi connectivity index (χ3v) is 2.49. The van der Waals surface area contributed by atoms with Crippen LogP contribution in [0.25, 0.3) is 0 Å². The van der Waals surface area contributed by atoms with Crippen LogP contribution in [0.2, 0.25) is 0 Å². The van der Waals surface area contributed by atoms with E-state index in [1.807, 2.05) is 12.1 Å². The maximum Gasteiger partial charge on any atom is 0.293 e. The molecule has 1 rings (SSSR count). The zero-order chi connectivity index (χ0) is 12.8. The van der Waals surface area contributed by atoms with Crippen molar-refractivity contribution in [2.24, 2.45) is 0 Å². The van der Waals surface area contributed by atoms with Gasteiger partial charge in [-0.15, -0.1) is 0 Å². The molecule has 1 aromatic carbocycles. The van der Waals surface area contributed by atoms with Crippen LogP contribution in [-0.2, 0) is 0 Å². The highest BCUT2D eigenvalue weighted by Gasteiger charge is 2.19. The van der Waals surface area contributed by atoms with Crippen molar-refractivity contribution < 1.29 is 4.92 Å². The molecule has 17 heavy (non-hydrogen) atoms. The molecule has 0 aliphatic carbocycles. The fraction of sp³-hybridized carbons (Fsp3) is 0.200. The van der Waals surface area contributed by atoms with E-state index < -0.39 is 4.92 Å². The second-order valence-electron chi connectivity index (χ2n) is 3.06. The number of nitrogens with zero attached hydrogens (tertiary/aromatic N) is 4. The fourth-order valence-electron chi connectivity index (χ4n) is 1.31. The van der Waals surface area contributed by atoms with Crippen molar-refractivity contribution in [3.05, 3.63) is 32.8 Å². The molecule has 0 amide bonds. The number of benzene rings is 1. The molecule has 6 nitrogen and oxygen atoms in total. The zero-order valence-electron chi connectivity index (χ0n) is 8.63. The number of halogens is 1. The first-order valence-electron chi connectivity index (χ1n) is 4.53. The molecule has 1 aromatic rings. The van der Waals surface area contributed by atoms with E-state index in [1.54, 1.807) is 6.07 Å². The van der Waals surface area contributed by atoms with Gasteiger partial charge in [-0.1, -0.05) is 15.9 Å². The molecule has 0 saturated heterocycles. The van der Waals surface area contributed by atoms with Crippen molar-refractivity contribution >= 4 is 27.3 Å². The van der Waals surface area contributed by atoms with Gasteiger partial charge in [-0.3, -0.25) is 10.1 Å². The minimum Gasteiger partial charge on any atom is -0.339 e. The van der Waals surface area contributed by atoms with E-state index in [0.29, 0.717) is 4.47 Å². The van der Waals surface area contributed by atoms with Crippen LogP contribution >= 0.6 is 15.9 Å². The molecular weight excluding hydrogens is 288 g/mol. The second-order valence-corrected chi connectivity index (χ2v) is 3.98. The number of hydrogen-bond acceptors (Lipinski definition) is 5. The molecule has 0 N–H and O–H groups in total. The third kappa shape index (κ3) is 3.16. The van der Waals surface area contributed by atoms with E-state index in [0.717, 1.165) is 0 Å². The van der Waals surface area contributed by atoms with E-state index in [4.69, 9.17) is 10.5 Å². The van der Waals surface area contributed by atoms with Crippen LogP contribution < -0.4 is 4.90 Å². The van der Waals surface area contributed by atoms with Gasteiger partial charge in [0, 0.05) is 10.5 Å². The number of hydrogen-bond donors (Lipinski definition) is 0. The standard InChI is InChI=1S/C10H7BrN4O2/c11-8-1-2-9(10(7-8)15(16)17)14(5-3-12)6-4-13/h1-2,7H,5-6H2. The van der Waals surface area contributed by atoms with Gasteiger partial charge in [0.05, 0.1) is 17.1 Å². The first-order valence-corrected chi connectivity index (χ1v) is 5.32. The molecule has 86 valence electrons. The summed E-state index contributed by atoms with van der Waals surface area (Å²) in [4.78, 5) is 11.7. The summed E-state index contributed by atoms with van der Waals surface area (Å²) >= 11 is 3.14. The van der Waals surface area contributed by atoms with E-state index in [2.05, 4.69) is 15.9 Å². The average Bonchev–Trinajstić information content (AvgIpc) is 2.28. The second kappa shape index (κ2) is 5.83. The van der Waals surface area contributed by atoms with Crippen LogP contribution in [-0.4, -0.2) is 18.0 Å². The highest BCUT2D eigenvalue weighted by atomic mass is 79.9. The molecular formula is C10H7BrN4O2. The van der Waals surface area contributed by atoms with Crippen molar-refractivity contribution in [3.8, 4) is 12.1 Å². The molecule has 0 atom stereocenters. The summed E-state index contributed by atoms with van der Waals surface area (Å²) in [5.41, 5.74) is 0.131. The minimum absolute atomic E-state index is 0.0734. The topological polar surface area (TPSA) is 94.0 Å². The molecule has 0 bridgehead atoms. The Balaban J connectivity index is 3.23. The van der Waals surface area contributed by atoms with Gasteiger partial charge in [0.15, 0.2) is 0 Å². The average molecular weight is 295 g/mol. The number of nitriles is 2. The lowest BCUT2D eigenvalue weighted by Gasteiger charge is -2.17. The largest absolute Gasteiger partial charge is 0.339 e. The Morgan fingerprint density at radius 1 is 1.35 bits per heavy atom. The molecule has 0 fully saturated rings. The van der Waals surface area contributed by atoms with Crippen LogP contribution in [0.1, 0.15) is 0 Å². The molecule has 0 aliphatic rings. The van der Waals surface area contributed by atoms with Gasteiger partial charge in [0.2, 0.25) is 0 Å². The zero-order valence-corrected chi connectivity index (χ0v) is 10.2. The maximum absolute atomic E-state index is 10.9. The summed E-state index contributed by atoms with van der Waals surface area (Å²) < 4.78 is 0.571. The molecule has 0 saturated carbocycles. The Hall–Kier alpha value is -2.12. The highest BCUT2D eigenvalue weighted by molar-refractivity contribution is 9.10. The van der Waals surface area contributed by atoms with Crippen LogP contribution in [0, 0.1) is 32.8 Å². The predicted molar refractivity (Wildman–Crippen MR) is 64.2 cm³/mol. The van der Waals surface area contributed by atoms with Crippen molar-refractivity contribution in [2.75, 3.05) is 18.0 Å². The van der Waals surface area contributed by atoms with Gasteiger partial charge in [-0.2, -0.15) is 10.5 Å². The number of nitro groups is 1. The Labute approximate surface area is 106 Å². The minimum atomic E-state index is -0.540. The Morgan fingerprint density at radius 2 is 1.94 bits per heavy atom. The van der Waals surface area contributed by atoms with Gasteiger partial charge >= 0.3 is 0 Å². The number of rotatable bonds is 4. The first kappa shape index (κ1) is 12.9. The Morgan fingerprint density at radius 3 is 2.41 bits per heavy atom. The summed E-state index contributed by atoms with van der Waals surface area (Å²) in [5, 5.41) is 28.1. The molecule has 0 unspecified atom stereocenters. The van der Waals surface area contributed by atoms with Gasteiger partial charge in [-0.05, 0) is 12.1 Å². The molecule has 0 heterocycles. The van der Waals surface area contributed by atoms with Crippen LogP contribution in [0.3, 0.4) is 0 Å². The smallest absolute Gasteiger partial charge is 0.293 e. The van der Waals surface area contributed by atoms with Crippen LogP contribution in [0.15, 0.2) is 22.7 Å². The first-order chi connectivity index (χ1) is 8.10. The fourth-order valence-corrected chi connectivity index (χ4v) is 1.66.